The standard InChI is InChI=1S/C10H7ClN2S/c11-6-1-2-7-5(3-6)4-8-9(7)13-10(14)12-8/h1-3H,4H2,(H2,12,13,14). The third kappa shape index (κ3) is 1.06. The lowest BCUT2D eigenvalue weighted by Gasteiger charge is -1.98. The molecule has 1 aliphatic rings. The van der Waals surface area contributed by atoms with Gasteiger partial charge in [0.2, 0.25) is 0 Å². The number of hydrogen-bond donors (Lipinski definition) is 2. The molecule has 0 bridgehead atoms. The van der Waals surface area contributed by atoms with Gasteiger partial charge in [-0.05, 0) is 29.9 Å². The molecule has 0 atom stereocenters. The predicted molar refractivity (Wildman–Crippen MR) is 59.2 cm³/mol. The zero-order valence-corrected chi connectivity index (χ0v) is 8.80. The van der Waals surface area contributed by atoms with Crippen molar-refractivity contribution in [2.24, 2.45) is 0 Å². The number of benzene rings is 1. The predicted octanol–water partition coefficient (Wildman–Crippen LogP) is 3.30. The molecule has 1 aliphatic carbocycles. The van der Waals surface area contributed by atoms with Crippen LogP contribution in [0.25, 0.3) is 11.3 Å². The van der Waals surface area contributed by atoms with Gasteiger partial charge in [0.25, 0.3) is 0 Å². The first-order valence-electron chi connectivity index (χ1n) is 4.34. The zero-order chi connectivity index (χ0) is 9.71. The topological polar surface area (TPSA) is 31.6 Å². The average molecular weight is 223 g/mol. The summed E-state index contributed by atoms with van der Waals surface area (Å²) in [6.45, 7) is 0. The van der Waals surface area contributed by atoms with Gasteiger partial charge >= 0.3 is 0 Å². The zero-order valence-electron chi connectivity index (χ0n) is 7.23. The van der Waals surface area contributed by atoms with Crippen molar-refractivity contribution in [3.63, 3.8) is 0 Å². The van der Waals surface area contributed by atoms with Gasteiger partial charge in [-0.1, -0.05) is 17.7 Å². The van der Waals surface area contributed by atoms with Crippen molar-refractivity contribution in [1.29, 1.82) is 0 Å². The lowest BCUT2D eigenvalue weighted by molar-refractivity contribution is 1.13. The highest BCUT2D eigenvalue weighted by Gasteiger charge is 2.20. The van der Waals surface area contributed by atoms with Crippen LogP contribution in [0.1, 0.15) is 11.3 Å². The minimum atomic E-state index is 0.690. The molecule has 0 saturated carbocycles. The van der Waals surface area contributed by atoms with Gasteiger partial charge in [-0.3, -0.25) is 0 Å². The minimum Gasteiger partial charge on any atom is -0.334 e. The minimum absolute atomic E-state index is 0.690. The summed E-state index contributed by atoms with van der Waals surface area (Å²) in [6, 6.07) is 5.93. The fraction of sp³-hybridized carbons (Fsp3) is 0.100. The number of aromatic nitrogens is 2. The summed E-state index contributed by atoms with van der Waals surface area (Å²) in [4.78, 5) is 6.29. The van der Waals surface area contributed by atoms with Gasteiger partial charge in [0.15, 0.2) is 4.77 Å². The van der Waals surface area contributed by atoms with Gasteiger partial charge in [0.05, 0.1) is 5.69 Å². The molecule has 2 nitrogen and oxygen atoms in total. The second kappa shape index (κ2) is 2.72. The van der Waals surface area contributed by atoms with Crippen molar-refractivity contribution in [3.8, 4) is 11.3 Å². The highest BCUT2D eigenvalue weighted by atomic mass is 35.5. The Labute approximate surface area is 90.9 Å². The van der Waals surface area contributed by atoms with E-state index in [2.05, 4.69) is 9.97 Å². The van der Waals surface area contributed by atoms with Gasteiger partial charge in [0.1, 0.15) is 0 Å². The second-order valence-corrected chi connectivity index (χ2v) is 4.26. The Bertz CT molecular complexity index is 568. The van der Waals surface area contributed by atoms with Crippen molar-refractivity contribution in [3.05, 3.63) is 39.3 Å². The van der Waals surface area contributed by atoms with E-state index in [1.54, 1.807) is 0 Å². The maximum Gasteiger partial charge on any atom is 0.175 e. The van der Waals surface area contributed by atoms with Crippen LogP contribution in [0.5, 0.6) is 0 Å². The number of hydrogen-bond acceptors (Lipinski definition) is 1. The Kier molecular flexibility index (Phi) is 1.60. The molecule has 2 N–H and O–H groups in total. The van der Waals surface area contributed by atoms with E-state index in [1.165, 1.54) is 11.1 Å². The van der Waals surface area contributed by atoms with Crippen molar-refractivity contribution in [2.45, 2.75) is 6.42 Å². The first-order valence-corrected chi connectivity index (χ1v) is 5.12. The molecule has 4 heteroatoms. The third-order valence-electron chi connectivity index (χ3n) is 2.51. The van der Waals surface area contributed by atoms with Crippen LogP contribution in [-0.4, -0.2) is 9.97 Å². The molecule has 70 valence electrons. The fourth-order valence-corrected chi connectivity index (χ4v) is 2.35. The summed E-state index contributed by atoms with van der Waals surface area (Å²) in [7, 11) is 0. The van der Waals surface area contributed by atoms with E-state index >= 15 is 0 Å². The number of rotatable bonds is 0. The van der Waals surface area contributed by atoms with Crippen LogP contribution in [-0.2, 0) is 6.42 Å². The molecule has 0 radical (unpaired) electrons. The van der Waals surface area contributed by atoms with Crippen molar-refractivity contribution in [1.82, 2.24) is 9.97 Å². The Morgan fingerprint density at radius 2 is 2.14 bits per heavy atom. The lowest BCUT2D eigenvalue weighted by Crippen LogP contribution is -1.82. The highest BCUT2D eigenvalue weighted by molar-refractivity contribution is 7.71. The van der Waals surface area contributed by atoms with Crippen molar-refractivity contribution >= 4 is 23.8 Å². The molecule has 1 aromatic heterocycles. The summed E-state index contributed by atoms with van der Waals surface area (Å²) in [5.74, 6) is 0. The van der Waals surface area contributed by atoms with Crippen LogP contribution < -0.4 is 0 Å². The first kappa shape index (κ1) is 8.26. The van der Waals surface area contributed by atoms with Gasteiger partial charge in [-0.2, -0.15) is 0 Å². The molecule has 3 rings (SSSR count). The molecule has 0 aliphatic heterocycles. The van der Waals surface area contributed by atoms with Crippen LogP contribution in [0.4, 0.5) is 0 Å². The summed E-state index contributed by atoms with van der Waals surface area (Å²) in [6.07, 6.45) is 0.887. The molecule has 0 fully saturated rings. The summed E-state index contributed by atoms with van der Waals surface area (Å²) in [5.41, 5.74) is 4.73. The SMILES string of the molecule is S=c1[nH]c2c([nH]1)-c1ccc(Cl)cc1C2. The van der Waals surface area contributed by atoms with E-state index in [-0.39, 0.29) is 0 Å². The molecular formula is C10H7ClN2S. The molecule has 1 heterocycles. The lowest BCUT2D eigenvalue weighted by atomic mass is 10.1. The molecule has 14 heavy (non-hydrogen) atoms. The Morgan fingerprint density at radius 1 is 1.29 bits per heavy atom. The second-order valence-electron chi connectivity index (χ2n) is 3.41. The quantitative estimate of drug-likeness (QED) is 0.562. The maximum absolute atomic E-state index is 5.92. The normalized spacial score (nSPS) is 12.6. The number of halogens is 1. The fourth-order valence-electron chi connectivity index (χ4n) is 1.93. The van der Waals surface area contributed by atoms with Gasteiger partial charge in [0, 0.05) is 22.7 Å². The first-order chi connectivity index (χ1) is 6.74. The average Bonchev–Trinajstić information content (AvgIpc) is 2.59. The third-order valence-corrected chi connectivity index (χ3v) is 2.95. The molecule has 2 aromatic rings. The molecule has 1 aromatic carbocycles. The number of H-pyrrole nitrogens is 2. The van der Waals surface area contributed by atoms with Crippen molar-refractivity contribution < 1.29 is 0 Å². The summed E-state index contributed by atoms with van der Waals surface area (Å²) in [5, 5.41) is 0.785. The van der Waals surface area contributed by atoms with Gasteiger partial charge < -0.3 is 9.97 Å². The van der Waals surface area contributed by atoms with E-state index in [4.69, 9.17) is 23.8 Å². The molecule has 0 amide bonds. The summed E-state index contributed by atoms with van der Waals surface area (Å²) < 4.78 is 0.690. The van der Waals surface area contributed by atoms with Crippen LogP contribution in [0.2, 0.25) is 5.02 Å². The largest absolute Gasteiger partial charge is 0.334 e. The van der Waals surface area contributed by atoms with Crippen LogP contribution in [0, 0.1) is 4.77 Å². The van der Waals surface area contributed by atoms with Crippen LogP contribution in [0.3, 0.4) is 0 Å². The molecule has 0 unspecified atom stereocenters. The number of aromatic amines is 2. The molecule has 0 spiro atoms. The van der Waals surface area contributed by atoms with E-state index in [0.29, 0.717) is 4.77 Å². The maximum atomic E-state index is 5.92. The molecule has 0 saturated heterocycles. The highest BCUT2D eigenvalue weighted by Crippen LogP contribution is 2.35. The van der Waals surface area contributed by atoms with E-state index in [9.17, 15) is 0 Å². The van der Waals surface area contributed by atoms with Gasteiger partial charge in [-0.25, -0.2) is 0 Å². The van der Waals surface area contributed by atoms with Crippen LogP contribution >= 0.6 is 23.8 Å². The van der Waals surface area contributed by atoms with Gasteiger partial charge in [-0.15, -0.1) is 0 Å². The smallest absolute Gasteiger partial charge is 0.175 e. The number of imidazole rings is 1. The Morgan fingerprint density at radius 3 is 3.00 bits per heavy atom. The van der Waals surface area contributed by atoms with Crippen LogP contribution in [0.15, 0.2) is 18.2 Å². The summed E-state index contributed by atoms with van der Waals surface area (Å²) >= 11 is 11.0. The molecular weight excluding hydrogens is 216 g/mol. The number of fused-ring (bicyclic) bond motifs is 3. The number of nitrogens with one attached hydrogen (secondary N) is 2. The van der Waals surface area contributed by atoms with Crippen molar-refractivity contribution in [2.75, 3.05) is 0 Å². The monoisotopic (exact) mass is 222 g/mol. The van der Waals surface area contributed by atoms with E-state index < -0.39 is 0 Å². The Hall–Kier alpha value is -1.06. The van der Waals surface area contributed by atoms with E-state index in [1.807, 2.05) is 18.2 Å². The Balaban J connectivity index is 2.30. The van der Waals surface area contributed by atoms with E-state index in [0.717, 1.165) is 22.8 Å².